The van der Waals surface area contributed by atoms with E-state index in [1.54, 1.807) is 0 Å². The Morgan fingerprint density at radius 2 is 1.00 bits per heavy atom. The first-order valence-corrected chi connectivity index (χ1v) is 10.8. The Bertz CT molecular complexity index is 381. The smallest absolute Gasteiger partial charge is 0.203 e. The second-order valence-electron chi connectivity index (χ2n) is 6.39. The van der Waals surface area contributed by atoms with E-state index in [9.17, 15) is 21.6 Å². The van der Waals surface area contributed by atoms with Gasteiger partial charge in [-0.05, 0) is 12.8 Å². The lowest BCUT2D eigenvalue weighted by atomic mass is 10.1. The molecule has 0 aromatic heterocycles. The molecule has 0 fully saturated rings. The van der Waals surface area contributed by atoms with Crippen molar-refractivity contribution in [2.45, 2.75) is 96.4 Å². The van der Waals surface area contributed by atoms with Crippen LogP contribution in [0.1, 0.15) is 90.9 Å². The first kappa shape index (κ1) is 23.7. The molecule has 0 saturated heterocycles. The van der Waals surface area contributed by atoms with E-state index in [-0.39, 0.29) is 13.1 Å². The Morgan fingerprint density at radius 3 is 1.33 bits per heavy atom. The maximum Gasteiger partial charge on any atom is 0.511 e. The predicted octanol–water partition coefficient (Wildman–Crippen LogP) is 5.86. The fraction of sp³-hybridized carbons (Fsp3) is 1.00. The zero-order valence-corrected chi connectivity index (χ0v) is 16.0. The number of nitrogens with zero attached hydrogens (tertiary/aromatic N) is 1. The number of alkyl halides is 3. The summed E-state index contributed by atoms with van der Waals surface area (Å²) in [6.45, 7) is 4.14. The zero-order chi connectivity index (χ0) is 18.5. The average Bonchev–Trinajstić information content (AvgIpc) is 2.50. The standard InChI is InChI=1S/C17H34F3NO2S/c1-3-5-7-9-11-13-15-21(24(22,23)17(18,19)20)16-14-12-10-8-6-4-2/h3-16H2,1-2H3. The highest BCUT2D eigenvalue weighted by atomic mass is 32.2. The van der Waals surface area contributed by atoms with E-state index in [0.717, 1.165) is 64.2 Å². The van der Waals surface area contributed by atoms with Crippen molar-refractivity contribution in [2.75, 3.05) is 13.1 Å². The van der Waals surface area contributed by atoms with E-state index in [1.165, 1.54) is 0 Å². The monoisotopic (exact) mass is 373 g/mol. The molecule has 0 atom stereocenters. The largest absolute Gasteiger partial charge is 0.511 e. The maximum absolute atomic E-state index is 12.8. The zero-order valence-electron chi connectivity index (χ0n) is 15.2. The minimum absolute atomic E-state index is 0.0249. The van der Waals surface area contributed by atoms with Crippen molar-refractivity contribution < 1.29 is 21.6 Å². The molecule has 0 heterocycles. The van der Waals surface area contributed by atoms with Gasteiger partial charge in [0.1, 0.15) is 0 Å². The molecule has 7 heteroatoms. The van der Waals surface area contributed by atoms with Gasteiger partial charge in [-0.3, -0.25) is 0 Å². The van der Waals surface area contributed by atoms with Crippen LogP contribution in [0.3, 0.4) is 0 Å². The molecule has 0 aliphatic carbocycles. The van der Waals surface area contributed by atoms with Gasteiger partial charge < -0.3 is 0 Å². The van der Waals surface area contributed by atoms with Gasteiger partial charge in [-0.25, -0.2) is 8.42 Å². The van der Waals surface area contributed by atoms with Crippen molar-refractivity contribution >= 4 is 10.0 Å². The Balaban J connectivity index is 4.36. The third kappa shape index (κ3) is 9.87. The van der Waals surface area contributed by atoms with Crippen molar-refractivity contribution in [1.29, 1.82) is 0 Å². The van der Waals surface area contributed by atoms with Gasteiger partial charge in [0.15, 0.2) is 0 Å². The molecule has 0 spiro atoms. The van der Waals surface area contributed by atoms with Crippen LogP contribution in [-0.2, 0) is 10.0 Å². The van der Waals surface area contributed by atoms with E-state index in [1.807, 2.05) is 0 Å². The van der Waals surface area contributed by atoms with E-state index in [2.05, 4.69) is 13.8 Å². The minimum Gasteiger partial charge on any atom is -0.203 e. The summed E-state index contributed by atoms with van der Waals surface area (Å²) in [6, 6.07) is 0. The van der Waals surface area contributed by atoms with Crippen LogP contribution in [-0.4, -0.2) is 31.3 Å². The van der Waals surface area contributed by atoms with Gasteiger partial charge in [-0.1, -0.05) is 78.1 Å². The molecular formula is C17H34F3NO2S. The quantitative estimate of drug-likeness (QED) is 0.337. The van der Waals surface area contributed by atoms with Crippen molar-refractivity contribution in [2.24, 2.45) is 0 Å². The van der Waals surface area contributed by atoms with Crippen LogP contribution in [0.5, 0.6) is 0 Å². The fourth-order valence-corrected chi connectivity index (χ4v) is 3.67. The molecule has 0 aliphatic heterocycles. The molecule has 0 aromatic carbocycles. The summed E-state index contributed by atoms with van der Waals surface area (Å²) >= 11 is 0. The normalized spacial score (nSPS) is 12.9. The Morgan fingerprint density at radius 1 is 0.667 bits per heavy atom. The molecule has 0 bridgehead atoms. The van der Waals surface area contributed by atoms with Crippen molar-refractivity contribution in [3.05, 3.63) is 0 Å². The lowest BCUT2D eigenvalue weighted by molar-refractivity contribution is -0.0489. The number of hydrogen-bond acceptors (Lipinski definition) is 2. The third-order valence-electron chi connectivity index (χ3n) is 4.15. The predicted molar refractivity (Wildman–Crippen MR) is 93.3 cm³/mol. The number of halogens is 3. The van der Waals surface area contributed by atoms with E-state index in [4.69, 9.17) is 0 Å². The second-order valence-corrected chi connectivity index (χ2v) is 8.31. The summed E-state index contributed by atoms with van der Waals surface area (Å²) in [7, 11) is -5.20. The molecule has 0 unspecified atom stereocenters. The SMILES string of the molecule is CCCCCCCCN(CCCCCCCC)S(=O)(=O)C(F)(F)F. The van der Waals surface area contributed by atoms with Gasteiger partial charge in [0.2, 0.25) is 0 Å². The van der Waals surface area contributed by atoms with E-state index >= 15 is 0 Å². The van der Waals surface area contributed by atoms with Gasteiger partial charge in [0, 0.05) is 13.1 Å². The molecule has 0 rings (SSSR count). The van der Waals surface area contributed by atoms with Gasteiger partial charge in [0.25, 0.3) is 0 Å². The molecule has 0 N–H and O–H groups in total. The highest BCUT2D eigenvalue weighted by Crippen LogP contribution is 2.27. The molecule has 0 saturated carbocycles. The molecule has 0 aromatic rings. The Labute approximate surface area is 146 Å². The first-order chi connectivity index (χ1) is 11.3. The Hall–Kier alpha value is -0.300. The average molecular weight is 374 g/mol. The maximum atomic E-state index is 12.8. The van der Waals surface area contributed by atoms with Crippen LogP contribution in [0.15, 0.2) is 0 Å². The highest BCUT2D eigenvalue weighted by molar-refractivity contribution is 7.90. The number of hydrogen-bond donors (Lipinski definition) is 0. The number of rotatable bonds is 15. The summed E-state index contributed by atoms with van der Waals surface area (Å²) in [6.07, 6.45) is 11.0. The molecule has 146 valence electrons. The van der Waals surface area contributed by atoms with E-state index < -0.39 is 15.5 Å². The van der Waals surface area contributed by atoms with Crippen LogP contribution >= 0.6 is 0 Å². The van der Waals surface area contributed by atoms with Crippen LogP contribution in [0.4, 0.5) is 13.2 Å². The summed E-state index contributed by atoms with van der Waals surface area (Å²) in [4.78, 5) is 0. The van der Waals surface area contributed by atoms with Crippen LogP contribution in [0.25, 0.3) is 0 Å². The number of sulfonamides is 1. The lowest BCUT2D eigenvalue weighted by Crippen LogP contribution is -2.41. The van der Waals surface area contributed by atoms with E-state index in [0.29, 0.717) is 17.1 Å². The van der Waals surface area contributed by atoms with Gasteiger partial charge >= 0.3 is 15.5 Å². The molecule has 3 nitrogen and oxygen atoms in total. The first-order valence-electron chi connectivity index (χ1n) is 9.33. The van der Waals surface area contributed by atoms with Gasteiger partial charge in [-0.2, -0.15) is 17.5 Å². The summed E-state index contributed by atoms with van der Waals surface area (Å²) < 4.78 is 62.4. The van der Waals surface area contributed by atoms with Crippen molar-refractivity contribution in [3.63, 3.8) is 0 Å². The summed E-state index contributed by atoms with van der Waals surface area (Å²) in [5, 5.41) is 0. The minimum atomic E-state index is -5.20. The summed E-state index contributed by atoms with van der Waals surface area (Å²) in [5.41, 5.74) is -5.20. The van der Waals surface area contributed by atoms with Crippen LogP contribution in [0.2, 0.25) is 0 Å². The number of unbranched alkanes of at least 4 members (excludes halogenated alkanes) is 10. The van der Waals surface area contributed by atoms with Gasteiger partial charge in [0.05, 0.1) is 0 Å². The molecule has 0 radical (unpaired) electrons. The molecule has 0 amide bonds. The van der Waals surface area contributed by atoms with Gasteiger partial charge in [-0.15, -0.1) is 0 Å². The second kappa shape index (κ2) is 13.0. The summed E-state index contributed by atoms with van der Waals surface area (Å²) in [5.74, 6) is 0. The van der Waals surface area contributed by atoms with Crippen molar-refractivity contribution in [3.8, 4) is 0 Å². The van der Waals surface area contributed by atoms with Crippen LogP contribution in [0, 0.1) is 0 Å². The topological polar surface area (TPSA) is 37.4 Å². The van der Waals surface area contributed by atoms with Crippen LogP contribution < -0.4 is 0 Å². The molecule has 0 aliphatic rings. The molecule has 24 heavy (non-hydrogen) atoms. The van der Waals surface area contributed by atoms with Crippen molar-refractivity contribution in [1.82, 2.24) is 4.31 Å². The highest BCUT2D eigenvalue weighted by Gasteiger charge is 2.49. The Kier molecular flexibility index (Phi) is 12.8. The molecular weight excluding hydrogens is 339 g/mol. The third-order valence-corrected chi connectivity index (χ3v) is 5.78. The fourth-order valence-electron chi connectivity index (χ4n) is 2.64. The lowest BCUT2D eigenvalue weighted by Gasteiger charge is -2.23.